The minimum absolute atomic E-state index is 0.671. The highest BCUT2D eigenvalue weighted by molar-refractivity contribution is 7.10. The van der Waals surface area contributed by atoms with Crippen LogP contribution in [0.1, 0.15) is 23.3 Å². The zero-order valence-electron chi connectivity index (χ0n) is 7.05. The highest BCUT2D eigenvalue weighted by Gasteiger charge is 2.13. The van der Waals surface area contributed by atoms with E-state index in [0.29, 0.717) is 6.54 Å². The van der Waals surface area contributed by atoms with Gasteiger partial charge in [0.15, 0.2) is 0 Å². The van der Waals surface area contributed by atoms with Crippen LogP contribution in [0.3, 0.4) is 0 Å². The highest BCUT2D eigenvalue weighted by atomic mass is 32.1. The van der Waals surface area contributed by atoms with Gasteiger partial charge in [-0.15, -0.1) is 11.3 Å². The van der Waals surface area contributed by atoms with Crippen LogP contribution >= 0.6 is 11.3 Å². The molecule has 1 aromatic rings. The normalized spacial score (nSPS) is 19.6. The standard InChI is InChI=1S/C10H13NS/c11-6-4-8-2-1-3-10-9(8)5-7-12-10/h4-5,7H,1-3,6,11H2/b8-4-. The van der Waals surface area contributed by atoms with Crippen molar-refractivity contribution in [2.45, 2.75) is 19.3 Å². The number of hydrogen-bond donors (Lipinski definition) is 1. The number of rotatable bonds is 1. The first-order valence-corrected chi connectivity index (χ1v) is 5.25. The molecule has 0 aliphatic heterocycles. The smallest absolute Gasteiger partial charge is 0.0120 e. The maximum Gasteiger partial charge on any atom is 0.0120 e. The lowest BCUT2D eigenvalue weighted by atomic mass is 9.93. The zero-order valence-corrected chi connectivity index (χ0v) is 7.86. The molecule has 1 nitrogen and oxygen atoms in total. The van der Waals surface area contributed by atoms with E-state index in [-0.39, 0.29) is 0 Å². The van der Waals surface area contributed by atoms with Crippen LogP contribution < -0.4 is 5.73 Å². The van der Waals surface area contributed by atoms with E-state index in [1.807, 2.05) is 11.3 Å². The number of aryl methyl sites for hydroxylation is 1. The van der Waals surface area contributed by atoms with E-state index >= 15 is 0 Å². The number of hydrogen-bond acceptors (Lipinski definition) is 2. The molecule has 2 heteroatoms. The largest absolute Gasteiger partial charge is 0.327 e. The van der Waals surface area contributed by atoms with Crippen LogP contribution in [-0.2, 0) is 6.42 Å². The van der Waals surface area contributed by atoms with E-state index in [2.05, 4.69) is 17.5 Å². The van der Waals surface area contributed by atoms with Crippen molar-refractivity contribution in [2.24, 2.45) is 5.73 Å². The van der Waals surface area contributed by atoms with Crippen LogP contribution in [0, 0.1) is 0 Å². The summed E-state index contributed by atoms with van der Waals surface area (Å²) in [4.78, 5) is 1.54. The summed E-state index contributed by atoms with van der Waals surface area (Å²) in [5, 5.41) is 2.18. The summed E-state index contributed by atoms with van der Waals surface area (Å²) in [7, 11) is 0. The summed E-state index contributed by atoms with van der Waals surface area (Å²) in [5.41, 5.74) is 8.43. The third-order valence-electron chi connectivity index (χ3n) is 2.31. The van der Waals surface area contributed by atoms with Crippen molar-refractivity contribution >= 4 is 16.9 Å². The third kappa shape index (κ3) is 1.32. The van der Waals surface area contributed by atoms with Crippen molar-refractivity contribution in [3.8, 4) is 0 Å². The average Bonchev–Trinajstić information content (AvgIpc) is 2.53. The van der Waals surface area contributed by atoms with Crippen LogP contribution in [0.2, 0.25) is 0 Å². The molecule has 1 aliphatic rings. The molecule has 12 heavy (non-hydrogen) atoms. The molecule has 0 saturated carbocycles. The minimum Gasteiger partial charge on any atom is -0.327 e. The summed E-state index contributed by atoms with van der Waals surface area (Å²) in [6, 6.07) is 2.22. The van der Waals surface area contributed by atoms with E-state index in [0.717, 1.165) is 0 Å². The van der Waals surface area contributed by atoms with Crippen molar-refractivity contribution in [1.29, 1.82) is 0 Å². The van der Waals surface area contributed by atoms with Gasteiger partial charge in [0.05, 0.1) is 0 Å². The van der Waals surface area contributed by atoms with E-state index in [9.17, 15) is 0 Å². The number of nitrogens with two attached hydrogens (primary N) is 1. The Morgan fingerprint density at radius 3 is 3.25 bits per heavy atom. The average molecular weight is 179 g/mol. The number of thiophene rings is 1. The fraction of sp³-hybridized carbons (Fsp3) is 0.400. The molecule has 2 N–H and O–H groups in total. The molecule has 0 fully saturated rings. The van der Waals surface area contributed by atoms with Gasteiger partial charge in [0.25, 0.3) is 0 Å². The quantitative estimate of drug-likeness (QED) is 0.704. The second-order valence-electron chi connectivity index (χ2n) is 3.08. The highest BCUT2D eigenvalue weighted by Crippen LogP contribution is 2.33. The first kappa shape index (κ1) is 8.02. The summed E-state index contributed by atoms with van der Waals surface area (Å²) < 4.78 is 0. The lowest BCUT2D eigenvalue weighted by Gasteiger charge is -2.14. The van der Waals surface area contributed by atoms with E-state index in [1.54, 1.807) is 4.88 Å². The van der Waals surface area contributed by atoms with Crippen molar-refractivity contribution in [3.63, 3.8) is 0 Å². The van der Waals surface area contributed by atoms with Gasteiger partial charge >= 0.3 is 0 Å². The Labute approximate surface area is 76.9 Å². The van der Waals surface area contributed by atoms with Gasteiger partial charge < -0.3 is 5.73 Å². The van der Waals surface area contributed by atoms with Gasteiger partial charge in [-0.3, -0.25) is 0 Å². The lowest BCUT2D eigenvalue weighted by Crippen LogP contribution is -2.01. The first-order valence-electron chi connectivity index (χ1n) is 4.37. The maximum atomic E-state index is 5.51. The van der Waals surface area contributed by atoms with Gasteiger partial charge in [-0.25, -0.2) is 0 Å². The summed E-state index contributed by atoms with van der Waals surface area (Å²) >= 11 is 1.87. The zero-order chi connectivity index (χ0) is 8.39. The Hall–Kier alpha value is -0.600. The molecule has 64 valence electrons. The second-order valence-corrected chi connectivity index (χ2v) is 4.08. The molecule has 0 radical (unpaired) electrons. The molecular weight excluding hydrogens is 166 g/mol. The van der Waals surface area contributed by atoms with Gasteiger partial charge in [-0.2, -0.15) is 0 Å². The Kier molecular flexibility index (Phi) is 2.28. The van der Waals surface area contributed by atoms with Crippen molar-refractivity contribution in [3.05, 3.63) is 28.0 Å². The Morgan fingerprint density at radius 1 is 1.50 bits per heavy atom. The molecule has 1 heterocycles. The van der Waals surface area contributed by atoms with Gasteiger partial charge in [-0.05, 0) is 41.8 Å². The monoisotopic (exact) mass is 179 g/mol. The Balaban J connectivity index is 2.38. The number of allylic oxidation sites excluding steroid dienone is 1. The summed E-state index contributed by atoms with van der Waals surface area (Å²) in [5.74, 6) is 0. The van der Waals surface area contributed by atoms with Crippen LogP contribution in [0.25, 0.3) is 5.57 Å². The summed E-state index contributed by atoms with van der Waals surface area (Å²) in [6.45, 7) is 0.671. The molecule has 0 bridgehead atoms. The van der Waals surface area contributed by atoms with E-state index < -0.39 is 0 Å². The Bertz CT molecular complexity index is 299. The lowest BCUT2D eigenvalue weighted by molar-refractivity contribution is 0.836. The Morgan fingerprint density at radius 2 is 2.42 bits per heavy atom. The van der Waals surface area contributed by atoms with E-state index in [1.165, 1.54) is 30.4 Å². The van der Waals surface area contributed by atoms with Crippen LogP contribution in [-0.4, -0.2) is 6.54 Å². The van der Waals surface area contributed by atoms with Gasteiger partial charge in [0, 0.05) is 11.4 Å². The van der Waals surface area contributed by atoms with Gasteiger partial charge in [0.1, 0.15) is 0 Å². The SMILES string of the molecule is NC/C=C1/CCCc2sccc21. The third-order valence-corrected chi connectivity index (χ3v) is 3.29. The van der Waals surface area contributed by atoms with Crippen molar-refractivity contribution < 1.29 is 0 Å². The molecule has 0 spiro atoms. The van der Waals surface area contributed by atoms with Crippen LogP contribution in [0.4, 0.5) is 0 Å². The molecule has 2 rings (SSSR count). The van der Waals surface area contributed by atoms with Crippen LogP contribution in [0.15, 0.2) is 17.5 Å². The van der Waals surface area contributed by atoms with Crippen molar-refractivity contribution in [2.75, 3.05) is 6.54 Å². The molecular formula is C10H13NS. The first-order chi connectivity index (χ1) is 5.92. The fourth-order valence-electron chi connectivity index (χ4n) is 1.75. The summed E-state index contributed by atoms with van der Waals surface area (Å²) in [6.07, 6.45) is 5.92. The van der Waals surface area contributed by atoms with Crippen molar-refractivity contribution in [1.82, 2.24) is 0 Å². The topological polar surface area (TPSA) is 26.0 Å². The second kappa shape index (κ2) is 3.42. The van der Waals surface area contributed by atoms with Gasteiger partial charge in [-0.1, -0.05) is 6.08 Å². The molecule has 0 unspecified atom stereocenters. The predicted molar refractivity (Wildman–Crippen MR) is 54.3 cm³/mol. The molecule has 1 aromatic heterocycles. The molecule has 0 amide bonds. The van der Waals surface area contributed by atoms with Crippen LogP contribution in [0.5, 0.6) is 0 Å². The molecule has 0 atom stereocenters. The molecule has 1 aliphatic carbocycles. The predicted octanol–water partition coefficient (Wildman–Crippen LogP) is 2.43. The minimum atomic E-state index is 0.671. The van der Waals surface area contributed by atoms with E-state index in [4.69, 9.17) is 5.73 Å². The fourth-order valence-corrected chi connectivity index (χ4v) is 2.71. The molecule has 0 aromatic carbocycles. The number of fused-ring (bicyclic) bond motifs is 1. The van der Waals surface area contributed by atoms with Gasteiger partial charge in [0.2, 0.25) is 0 Å². The molecule has 0 saturated heterocycles. The maximum absolute atomic E-state index is 5.51.